The maximum Gasteiger partial charge on any atom is 0.131 e. The molecule has 0 radical (unpaired) electrons. The lowest BCUT2D eigenvalue weighted by Crippen LogP contribution is -2.57. The van der Waals surface area contributed by atoms with Gasteiger partial charge in [-0.3, -0.25) is 0 Å². The van der Waals surface area contributed by atoms with Gasteiger partial charge in [-0.15, -0.1) is 0 Å². The van der Waals surface area contributed by atoms with Crippen LogP contribution in [0.25, 0.3) is 22.3 Å². The molecule has 6 aromatic rings. The van der Waals surface area contributed by atoms with Gasteiger partial charge in [0.2, 0.25) is 0 Å². The number of anilines is 3. The first-order valence-corrected chi connectivity index (χ1v) is 21.3. The molecule has 1 spiro atoms. The molecule has 1 heterocycles. The van der Waals surface area contributed by atoms with E-state index in [0.29, 0.717) is 11.8 Å². The van der Waals surface area contributed by atoms with Crippen molar-refractivity contribution in [2.45, 2.75) is 88.9 Å². The van der Waals surface area contributed by atoms with Crippen molar-refractivity contribution >= 4 is 17.1 Å². The standard InChI is InChI=1S/C54H53NO/c1-52(2)27-28-53(3,4)51-44(16-12-18-46(51)52)38-21-23-41(24-22-38)55(48-19-10-8-15-43(48)37-13-6-5-7-14-37)42-25-26-50-47(34-42)54(45-17-9-11-20-49(45)56-50)39-30-35-29-36(32-39)33-40(54)31-35/h5-26,34-36,39-40H,27-33H2,1-4H3. The third kappa shape index (κ3) is 5.07. The number of hydrogen-bond donors (Lipinski definition) is 0. The summed E-state index contributed by atoms with van der Waals surface area (Å²) in [5.41, 5.74) is 14.8. The predicted octanol–water partition coefficient (Wildman–Crippen LogP) is 14.7. The minimum absolute atomic E-state index is 0.0188. The molecule has 0 unspecified atom stereocenters. The highest BCUT2D eigenvalue weighted by Crippen LogP contribution is 2.69. The summed E-state index contributed by atoms with van der Waals surface area (Å²) < 4.78 is 6.87. The van der Waals surface area contributed by atoms with Gasteiger partial charge in [0.05, 0.1) is 5.69 Å². The van der Waals surface area contributed by atoms with Gasteiger partial charge in [-0.05, 0) is 150 Å². The van der Waals surface area contributed by atoms with Crippen LogP contribution in [0, 0.1) is 23.7 Å². The molecule has 12 rings (SSSR count). The Kier molecular flexibility index (Phi) is 7.61. The fourth-order valence-corrected chi connectivity index (χ4v) is 12.8. The molecule has 6 aromatic carbocycles. The molecule has 4 saturated carbocycles. The van der Waals surface area contributed by atoms with Crippen LogP contribution in [0.3, 0.4) is 0 Å². The topological polar surface area (TPSA) is 12.5 Å². The molecule has 280 valence electrons. The average Bonchev–Trinajstić information content (AvgIpc) is 3.22. The van der Waals surface area contributed by atoms with E-state index in [2.05, 4.69) is 172 Å². The Morgan fingerprint density at radius 2 is 1.07 bits per heavy atom. The number of benzene rings is 6. The molecule has 0 amide bonds. The average molecular weight is 732 g/mol. The first-order valence-electron chi connectivity index (χ1n) is 21.3. The van der Waals surface area contributed by atoms with E-state index in [1.54, 1.807) is 0 Å². The molecule has 2 nitrogen and oxygen atoms in total. The van der Waals surface area contributed by atoms with Crippen LogP contribution in [-0.4, -0.2) is 0 Å². The summed E-state index contributed by atoms with van der Waals surface area (Å²) >= 11 is 0. The minimum Gasteiger partial charge on any atom is -0.457 e. The number of ether oxygens (including phenoxy) is 1. The molecular weight excluding hydrogens is 679 g/mol. The van der Waals surface area contributed by atoms with Crippen molar-refractivity contribution in [2.75, 3.05) is 4.90 Å². The van der Waals surface area contributed by atoms with Crippen molar-refractivity contribution in [1.29, 1.82) is 0 Å². The number of hydrogen-bond acceptors (Lipinski definition) is 2. The first kappa shape index (κ1) is 34.2. The summed E-state index contributed by atoms with van der Waals surface area (Å²) in [5.74, 6) is 5.16. The van der Waals surface area contributed by atoms with Crippen LogP contribution in [0.2, 0.25) is 0 Å². The van der Waals surface area contributed by atoms with Gasteiger partial charge >= 0.3 is 0 Å². The molecule has 5 aliphatic carbocycles. The predicted molar refractivity (Wildman–Crippen MR) is 232 cm³/mol. The molecule has 0 saturated heterocycles. The van der Waals surface area contributed by atoms with Crippen molar-refractivity contribution in [2.24, 2.45) is 23.7 Å². The molecule has 56 heavy (non-hydrogen) atoms. The Bertz CT molecular complexity index is 2440. The van der Waals surface area contributed by atoms with Gasteiger partial charge in [0.25, 0.3) is 0 Å². The van der Waals surface area contributed by atoms with Crippen LogP contribution >= 0.6 is 0 Å². The third-order valence-corrected chi connectivity index (χ3v) is 15.2. The maximum atomic E-state index is 6.87. The first-order chi connectivity index (χ1) is 27.2. The van der Waals surface area contributed by atoms with Crippen molar-refractivity contribution < 1.29 is 4.74 Å². The van der Waals surface area contributed by atoms with Gasteiger partial charge in [-0.1, -0.05) is 125 Å². The number of fused-ring (bicyclic) bond motifs is 3. The molecule has 4 bridgehead atoms. The second-order valence-electron chi connectivity index (χ2n) is 19.2. The van der Waals surface area contributed by atoms with E-state index in [1.165, 1.54) is 101 Å². The molecule has 4 fully saturated rings. The molecular formula is C54H53NO. The summed E-state index contributed by atoms with van der Waals surface area (Å²) in [4.78, 5) is 2.52. The van der Waals surface area contributed by atoms with Gasteiger partial charge in [-0.2, -0.15) is 0 Å². The lowest BCUT2D eigenvalue weighted by atomic mass is 9.42. The summed E-state index contributed by atoms with van der Waals surface area (Å²) in [6.45, 7) is 9.72. The number of nitrogens with zero attached hydrogens (tertiary/aromatic N) is 1. The van der Waals surface area contributed by atoms with E-state index >= 15 is 0 Å². The highest BCUT2D eigenvalue weighted by molar-refractivity contribution is 5.89. The zero-order chi connectivity index (χ0) is 37.8. The van der Waals surface area contributed by atoms with Crippen molar-refractivity contribution in [1.82, 2.24) is 0 Å². The fraction of sp³-hybridized carbons (Fsp3) is 0.333. The molecule has 6 aliphatic rings. The highest BCUT2D eigenvalue weighted by atomic mass is 16.5. The molecule has 0 aromatic heterocycles. The van der Waals surface area contributed by atoms with E-state index in [-0.39, 0.29) is 16.2 Å². The lowest BCUT2D eigenvalue weighted by molar-refractivity contribution is -0.0452. The van der Waals surface area contributed by atoms with Crippen LogP contribution < -0.4 is 9.64 Å². The van der Waals surface area contributed by atoms with E-state index in [0.717, 1.165) is 29.0 Å². The zero-order valence-electron chi connectivity index (χ0n) is 33.4. The summed E-state index contributed by atoms with van der Waals surface area (Å²) in [6, 6.07) is 52.5. The van der Waals surface area contributed by atoms with Crippen molar-refractivity contribution in [3.05, 3.63) is 162 Å². The van der Waals surface area contributed by atoms with Crippen LogP contribution in [0.15, 0.2) is 140 Å². The van der Waals surface area contributed by atoms with Crippen LogP contribution in [0.4, 0.5) is 17.1 Å². The lowest BCUT2D eigenvalue weighted by Gasteiger charge is -2.63. The maximum absolute atomic E-state index is 6.87. The number of para-hydroxylation sites is 2. The normalized spacial score (nSPS) is 25.9. The van der Waals surface area contributed by atoms with Crippen LogP contribution in [-0.2, 0) is 16.2 Å². The highest BCUT2D eigenvalue weighted by Gasteiger charge is 2.61. The Balaban J connectivity index is 1.09. The van der Waals surface area contributed by atoms with Gasteiger partial charge in [0.15, 0.2) is 0 Å². The minimum atomic E-state index is -0.0188. The van der Waals surface area contributed by atoms with Crippen LogP contribution in [0.1, 0.15) is 94.9 Å². The van der Waals surface area contributed by atoms with E-state index in [9.17, 15) is 0 Å². The van der Waals surface area contributed by atoms with E-state index in [4.69, 9.17) is 4.74 Å². The second kappa shape index (κ2) is 12.5. The third-order valence-electron chi connectivity index (χ3n) is 15.2. The van der Waals surface area contributed by atoms with Gasteiger partial charge < -0.3 is 9.64 Å². The molecule has 0 N–H and O–H groups in total. The molecule has 2 heteroatoms. The van der Waals surface area contributed by atoms with Crippen molar-refractivity contribution in [3.8, 4) is 33.8 Å². The fourth-order valence-electron chi connectivity index (χ4n) is 12.8. The summed E-state index contributed by atoms with van der Waals surface area (Å²) in [5, 5.41) is 0. The van der Waals surface area contributed by atoms with Gasteiger partial charge in [0, 0.05) is 33.5 Å². The Morgan fingerprint density at radius 3 is 1.84 bits per heavy atom. The summed E-state index contributed by atoms with van der Waals surface area (Å²) in [7, 11) is 0. The van der Waals surface area contributed by atoms with E-state index < -0.39 is 0 Å². The van der Waals surface area contributed by atoms with E-state index in [1.807, 2.05) is 0 Å². The molecule has 1 aliphatic heterocycles. The zero-order valence-corrected chi connectivity index (χ0v) is 33.4. The molecule has 0 atom stereocenters. The van der Waals surface area contributed by atoms with Gasteiger partial charge in [-0.25, -0.2) is 0 Å². The number of rotatable bonds is 5. The Morgan fingerprint density at radius 1 is 0.482 bits per heavy atom. The quantitative estimate of drug-likeness (QED) is 0.175. The summed E-state index contributed by atoms with van der Waals surface area (Å²) in [6.07, 6.45) is 9.20. The van der Waals surface area contributed by atoms with Crippen molar-refractivity contribution in [3.63, 3.8) is 0 Å². The van der Waals surface area contributed by atoms with Crippen LogP contribution in [0.5, 0.6) is 11.5 Å². The SMILES string of the molecule is CC1(C)CCC(C)(C)c2c(-c3ccc(N(c4ccc5c(c4)C4(c6ccccc6O5)C5CC6CC(C5)CC4C6)c4ccccc4-c4ccccc4)cc3)cccc21. The van der Waals surface area contributed by atoms with Gasteiger partial charge in [0.1, 0.15) is 11.5 Å². The Labute approximate surface area is 333 Å². The Hall–Kier alpha value is -5.08. The second-order valence-corrected chi connectivity index (χ2v) is 19.2. The smallest absolute Gasteiger partial charge is 0.131 e. The largest absolute Gasteiger partial charge is 0.457 e. The monoisotopic (exact) mass is 731 g/mol.